The van der Waals surface area contributed by atoms with E-state index in [1.165, 1.54) is 0 Å². The quantitative estimate of drug-likeness (QED) is 0.598. The van der Waals surface area contributed by atoms with Crippen molar-refractivity contribution in [2.24, 2.45) is 11.1 Å². The molecule has 88 valence electrons. The van der Waals surface area contributed by atoms with Gasteiger partial charge in [-0.15, -0.1) is 0 Å². The molecule has 2 atom stereocenters. The molecule has 0 spiro atoms. The molecule has 0 aromatic heterocycles. The Morgan fingerprint density at radius 1 is 1.33 bits per heavy atom. The summed E-state index contributed by atoms with van der Waals surface area (Å²) in [5, 5.41) is 14.0. The van der Waals surface area contributed by atoms with E-state index in [9.17, 15) is 5.11 Å². The topological polar surface area (TPSA) is 67.5 Å². The van der Waals surface area contributed by atoms with Crippen molar-refractivity contribution in [2.75, 3.05) is 32.8 Å². The van der Waals surface area contributed by atoms with Gasteiger partial charge in [-0.2, -0.15) is 0 Å². The maximum absolute atomic E-state index is 10.7. The van der Waals surface area contributed by atoms with Crippen molar-refractivity contribution < 1.29 is 9.84 Å². The Balaban J connectivity index is 2.15. The lowest BCUT2D eigenvalue weighted by molar-refractivity contribution is -0.151. The van der Waals surface area contributed by atoms with E-state index in [-0.39, 0.29) is 5.41 Å². The zero-order valence-corrected chi connectivity index (χ0v) is 9.30. The molecule has 2 heterocycles. The highest BCUT2D eigenvalue weighted by atomic mass is 16.5. The molecular weight excluding hydrogens is 192 g/mol. The Kier molecular flexibility index (Phi) is 3.30. The predicted octanol–water partition coefficient (Wildman–Crippen LogP) is -0.144. The van der Waals surface area contributed by atoms with E-state index < -0.39 is 5.60 Å². The molecule has 2 aliphatic heterocycles. The van der Waals surface area contributed by atoms with Crippen LogP contribution in [0, 0.1) is 5.41 Å². The fourth-order valence-corrected chi connectivity index (χ4v) is 2.91. The second-order valence-electron chi connectivity index (χ2n) is 4.95. The third-order valence-electron chi connectivity index (χ3n) is 4.06. The Labute approximate surface area is 91.2 Å². The molecule has 0 radical (unpaired) electrons. The molecule has 4 heteroatoms. The summed E-state index contributed by atoms with van der Waals surface area (Å²) in [4.78, 5) is 0. The van der Waals surface area contributed by atoms with Gasteiger partial charge < -0.3 is 20.9 Å². The van der Waals surface area contributed by atoms with Gasteiger partial charge in [-0.25, -0.2) is 0 Å². The monoisotopic (exact) mass is 214 g/mol. The smallest absolute Gasteiger partial charge is 0.0862 e. The van der Waals surface area contributed by atoms with Crippen LogP contribution in [0.5, 0.6) is 0 Å². The maximum Gasteiger partial charge on any atom is 0.0862 e. The first-order chi connectivity index (χ1) is 7.22. The van der Waals surface area contributed by atoms with Crippen LogP contribution in [-0.4, -0.2) is 43.6 Å². The largest absolute Gasteiger partial charge is 0.388 e. The molecule has 15 heavy (non-hydrogen) atoms. The molecule has 4 N–H and O–H groups in total. The van der Waals surface area contributed by atoms with Crippen molar-refractivity contribution in [1.29, 1.82) is 0 Å². The number of aliphatic hydroxyl groups is 1. The summed E-state index contributed by atoms with van der Waals surface area (Å²) < 4.78 is 5.53. The summed E-state index contributed by atoms with van der Waals surface area (Å²) in [7, 11) is 0. The molecule has 0 amide bonds. The van der Waals surface area contributed by atoms with Crippen LogP contribution >= 0.6 is 0 Å². The van der Waals surface area contributed by atoms with E-state index in [0.29, 0.717) is 19.7 Å². The summed E-state index contributed by atoms with van der Waals surface area (Å²) in [6.45, 7) is 3.61. The lowest BCUT2D eigenvalue weighted by Gasteiger charge is -2.50. The van der Waals surface area contributed by atoms with E-state index in [1.807, 2.05) is 0 Å². The predicted molar refractivity (Wildman–Crippen MR) is 58.6 cm³/mol. The van der Waals surface area contributed by atoms with Crippen molar-refractivity contribution in [3.63, 3.8) is 0 Å². The molecule has 2 saturated heterocycles. The minimum absolute atomic E-state index is 0.224. The van der Waals surface area contributed by atoms with Crippen LogP contribution in [0.3, 0.4) is 0 Å². The second kappa shape index (κ2) is 4.37. The Morgan fingerprint density at radius 3 is 2.73 bits per heavy atom. The highest BCUT2D eigenvalue weighted by molar-refractivity contribution is 5.03. The van der Waals surface area contributed by atoms with Gasteiger partial charge in [-0.1, -0.05) is 0 Å². The van der Waals surface area contributed by atoms with Gasteiger partial charge in [0.05, 0.1) is 12.2 Å². The third-order valence-corrected chi connectivity index (χ3v) is 4.06. The van der Waals surface area contributed by atoms with Crippen molar-refractivity contribution in [3.05, 3.63) is 0 Å². The molecule has 2 fully saturated rings. The molecule has 4 nitrogen and oxygen atoms in total. The SMILES string of the molecule is NCC1(C2(O)CCCNC2)CCCOC1. The van der Waals surface area contributed by atoms with Gasteiger partial charge in [0.25, 0.3) is 0 Å². The lowest BCUT2D eigenvalue weighted by Crippen LogP contribution is -2.63. The van der Waals surface area contributed by atoms with Gasteiger partial charge in [0, 0.05) is 25.1 Å². The van der Waals surface area contributed by atoms with E-state index in [2.05, 4.69) is 5.32 Å². The van der Waals surface area contributed by atoms with Gasteiger partial charge in [-0.05, 0) is 32.2 Å². The Bertz CT molecular complexity index is 209. The molecule has 2 rings (SSSR count). The fraction of sp³-hybridized carbons (Fsp3) is 1.00. The average molecular weight is 214 g/mol. The zero-order valence-electron chi connectivity index (χ0n) is 9.30. The first-order valence-corrected chi connectivity index (χ1v) is 5.93. The van der Waals surface area contributed by atoms with E-state index in [0.717, 1.165) is 38.8 Å². The normalized spacial score (nSPS) is 42.8. The van der Waals surface area contributed by atoms with Crippen LogP contribution in [0.2, 0.25) is 0 Å². The van der Waals surface area contributed by atoms with E-state index >= 15 is 0 Å². The lowest BCUT2D eigenvalue weighted by atomic mass is 9.65. The summed E-state index contributed by atoms with van der Waals surface area (Å²) in [6, 6.07) is 0. The summed E-state index contributed by atoms with van der Waals surface area (Å²) >= 11 is 0. The summed E-state index contributed by atoms with van der Waals surface area (Å²) in [5.41, 5.74) is 5.00. The maximum atomic E-state index is 10.7. The number of hydrogen-bond donors (Lipinski definition) is 3. The molecule has 0 bridgehead atoms. The van der Waals surface area contributed by atoms with Crippen molar-refractivity contribution in [2.45, 2.75) is 31.3 Å². The van der Waals surface area contributed by atoms with Gasteiger partial charge in [0.15, 0.2) is 0 Å². The fourth-order valence-electron chi connectivity index (χ4n) is 2.91. The molecule has 2 aliphatic rings. The van der Waals surface area contributed by atoms with Crippen LogP contribution in [0.25, 0.3) is 0 Å². The molecule has 0 aliphatic carbocycles. The number of nitrogens with one attached hydrogen (secondary N) is 1. The van der Waals surface area contributed by atoms with Crippen LogP contribution in [-0.2, 0) is 4.74 Å². The number of piperidine rings is 1. The third kappa shape index (κ3) is 1.91. The van der Waals surface area contributed by atoms with Crippen molar-refractivity contribution >= 4 is 0 Å². The molecule has 2 unspecified atom stereocenters. The Hall–Kier alpha value is -0.160. The average Bonchev–Trinajstić information content (AvgIpc) is 2.31. The minimum atomic E-state index is -0.666. The first kappa shape index (κ1) is 11.3. The van der Waals surface area contributed by atoms with Crippen molar-refractivity contribution in [3.8, 4) is 0 Å². The second-order valence-corrected chi connectivity index (χ2v) is 4.95. The first-order valence-electron chi connectivity index (χ1n) is 5.93. The highest BCUT2D eigenvalue weighted by Gasteiger charge is 2.50. The van der Waals surface area contributed by atoms with Crippen LogP contribution < -0.4 is 11.1 Å². The number of β-amino-alcohol motifs (C(OH)–C–C–N with tert-alkyl or cyclic N) is 1. The van der Waals surface area contributed by atoms with Gasteiger partial charge in [0.2, 0.25) is 0 Å². The highest BCUT2D eigenvalue weighted by Crippen LogP contribution is 2.41. The van der Waals surface area contributed by atoms with Crippen LogP contribution in [0.15, 0.2) is 0 Å². The van der Waals surface area contributed by atoms with E-state index in [1.54, 1.807) is 0 Å². The van der Waals surface area contributed by atoms with Gasteiger partial charge >= 0.3 is 0 Å². The van der Waals surface area contributed by atoms with Gasteiger partial charge in [0.1, 0.15) is 0 Å². The summed E-state index contributed by atoms with van der Waals surface area (Å²) in [5.74, 6) is 0. The number of ether oxygens (including phenoxy) is 1. The molecular formula is C11H22N2O2. The molecule has 0 aromatic carbocycles. The van der Waals surface area contributed by atoms with Crippen LogP contribution in [0.1, 0.15) is 25.7 Å². The zero-order chi connectivity index (χ0) is 10.8. The Morgan fingerprint density at radius 2 is 2.20 bits per heavy atom. The number of hydrogen-bond acceptors (Lipinski definition) is 4. The minimum Gasteiger partial charge on any atom is -0.388 e. The molecule has 0 aromatic rings. The standard InChI is InChI=1S/C11H22N2O2/c12-7-10(3-2-6-15-9-10)11(14)4-1-5-13-8-11/h13-14H,1-9,12H2. The molecule has 0 saturated carbocycles. The van der Waals surface area contributed by atoms with Gasteiger partial charge in [-0.3, -0.25) is 0 Å². The summed E-state index contributed by atoms with van der Waals surface area (Å²) in [6.07, 6.45) is 3.88. The number of nitrogens with two attached hydrogens (primary N) is 1. The van der Waals surface area contributed by atoms with Crippen LogP contribution in [0.4, 0.5) is 0 Å². The van der Waals surface area contributed by atoms with E-state index in [4.69, 9.17) is 10.5 Å². The van der Waals surface area contributed by atoms with Crippen molar-refractivity contribution in [1.82, 2.24) is 5.32 Å². The number of rotatable bonds is 2.